The topological polar surface area (TPSA) is 41.1 Å². The van der Waals surface area contributed by atoms with Gasteiger partial charge in [0.25, 0.3) is 5.91 Å². The Kier molecular flexibility index (Phi) is 4.73. The zero-order valence-corrected chi connectivity index (χ0v) is 12.8. The highest BCUT2D eigenvalue weighted by molar-refractivity contribution is 14.1. The van der Waals surface area contributed by atoms with Gasteiger partial charge in [0, 0.05) is 17.6 Å². The molecular weight excluding hydrogens is 359 g/mol. The van der Waals surface area contributed by atoms with Gasteiger partial charge in [-0.1, -0.05) is 18.2 Å². The fraction of sp³-hybridized carbons (Fsp3) is 0.154. The molecule has 0 saturated heterocycles. The van der Waals surface area contributed by atoms with Crippen molar-refractivity contribution in [3.05, 3.63) is 49.7 Å². The summed E-state index contributed by atoms with van der Waals surface area (Å²) >= 11 is 3.78. The minimum Gasteiger partial charge on any atom is -0.322 e. The van der Waals surface area contributed by atoms with E-state index >= 15 is 0 Å². The van der Waals surface area contributed by atoms with E-state index in [0.717, 1.165) is 20.7 Å². The van der Waals surface area contributed by atoms with Gasteiger partial charge in [0.1, 0.15) is 0 Å². The lowest BCUT2D eigenvalue weighted by atomic mass is 10.1. The molecule has 5 heteroatoms. The van der Waals surface area contributed by atoms with Gasteiger partial charge in [-0.2, -0.15) is 0 Å². The summed E-state index contributed by atoms with van der Waals surface area (Å²) in [7, 11) is 1.89. The zero-order chi connectivity index (χ0) is 13.0. The summed E-state index contributed by atoms with van der Waals surface area (Å²) in [6, 6.07) is 9.70. The maximum Gasteiger partial charge on any atom is 0.256 e. The van der Waals surface area contributed by atoms with Crippen LogP contribution in [-0.4, -0.2) is 13.0 Å². The second kappa shape index (κ2) is 6.31. The summed E-state index contributed by atoms with van der Waals surface area (Å²) in [5.74, 6) is -0.0577. The maximum absolute atomic E-state index is 12.1. The van der Waals surface area contributed by atoms with Crippen LogP contribution in [0.4, 0.5) is 5.69 Å². The van der Waals surface area contributed by atoms with Crippen LogP contribution in [0.15, 0.2) is 35.7 Å². The molecule has 1 amide bonds. The Morgan fingerprint density at radius 1 is 1.39 bits per heavy atom. The molecule has 0 unspecified atom stereocenters. The average Bonchev–Trinajstić information content (AvgIpc) is 2.79. The number of para-hydroxylation sites is 1. The van der Waals surface area contributed by atoms with Crippen LogP contribution in [0.25, 0.3) is 0 Å². The summed E-state index contributed by atoms with van der Waals surface area (Å²) in [4.78, 5) is 12.1. The second-order valence-corrected chi connectivity index (χ2v) is 6.59. The van der Waals surface area contributed by atoms with Crippen molar-refractivity contribution in [2.75, 3.05) is 12.4 Å². The van der Waals surface area contributed by atoms with Crippen LogP contribution in [0.2, 0.25) is 0 Å². The van der Waals surface area contributed by atoms with Gasteiger partial charge in [0.15, 0.2) is 0 Å². The number of hydrogen-bond donors (Lipinski definition) is 2. The maximum atomic E-state index is 12.1. The van der Waals surface area contributed by atoms with Crippen molar-refractivity contribution in [2.24, 2.45) is 0 Å². The quantitative estimate of drug-likeness (QED) is 0.809. The number of carbonyl (C=O) groups is 1. The van der Waals surface area contributed by atoms with Crippen molar-refractivity contribution in [2.45, 2.75) is 6.54 Å². The van der Waals surface area contributed by atoms with Crippen molar-refractivity contribution >= 4 is 45.5 Å². The van der Waals surface area contributed by atoms with Gasteiger partial charge in [-0.05, 0) is 47.3 Å². The molecule has 18 heavy (non-hydrogen) atoms. The Labute approximate surface area is 124 Å². The van der Waals surface area contributed by atoms with Crippen LogP contribution in [-0.2, 0) is 6.54 Å². The van der Waals surface area contributed by atoms with Crippen LogP contribution < -0.4 is 10.6 Å². The van der Waals surface area contributed by atoms with Crippen LogP contribution in [0.5, 0.6) is 0 Å². The molecule has 2 aromatic rings. The third kappa shape index (κ3) is 3.30. The molecule has 0 aliphatic rings. The average molecular weight is 372 g/mol. The smallest absolute Gasteiger partial charge is 0.256 e. The first kappa shape index (κ1) is 13.5. The Morgan fingerprint density at radius 3 is 2.83 bits per heavy atom. The third-order valence-electron chi connectivity index (χ3n) is 2.46. The molecule has 0 bridgehead atoms. The number of nitrogens with one attached hydrogen (secondary N) is 2. The van der Waals surface area contributed by atoms with E-state index in [4.69, 9.17) is 0 Å². The zero-order valence-electron chi connectivity index (χ0n) is 9.87. The first-order chi connectivity index (χ1) is 8.70. The monoisotopic (exact) mass is 372 g/mol. The molecule has 0 spiro atoms. The Balaban J connectivity index is 2.16. The molecule has 0 fully saturated rings. The number of thiophene rings is 1. The van der Waals surface area contributed by atoms with E-state index in [0.29, 0.717) is 5.56 Å². The van der Waals surface area contributed by atoms with E-state index in [1.807, 2.05) is 42.8 Å². The Hall–Kier alpha value is -0.920. The van der Waals surface area contributed by atoms with E-state index in [1.54, 1.807) is 11.3 Å². The fourth-order valence-electron chi connectivity index (χ4n) is 1.61. The molecule has 0 atom stereocenters. The van der Waals surface area contributed by atoms with E-state index in [9.17, 15) is 4.79 Å². The predicted octanol–water partition coefficient (Wildman–Crippen LogP) is 3.32. The van der Waals surface area contributed by atoms with Gasteiger partial charge < -0.3 is 10.6 Å². The lowest BCUT2D eigenvalue weighted by Gasteiger charge is -2.09. The van der Waals surface area contributed by atoms with Crippen LogP contribution in [0.3, 0.4) is 0 Å². The molecule has 0 aliphatic heterocycles. The van der Waals surface area contributed by atoms with Crippen molar-refractivity contribution in [3.63, 3.8) is 0 Å². The van der Waals surface area contributed by atoms with Gasteiger partial charge >= 0.3 is 0 Å². The summed E-state index contributed by atoms with van der Waals surface area (Å²) in [6.45, 7) is 0.734. The molecule has 1 aromatic heterocycles. The summed E-state index contributed by atoms with van der Waals surface area (Å²) in [5, 5.41) is 7.91. The van der Waals surface area contributed by atoms with Gasteiger partial charge in [-0.15, -0.1) is 11.3 Å². The highest BCUT2D eigenvalue weighted by Crippen LogP contribution is 2.20. The SMILES string of the molecule is CNCc1ccccc1NC(=O)c1csc(I)c1. The van der Waals surface area contributed by atoms with Crippen molar-refractivity contribution in [1.82, 2.24) is 5.32 Å². The number of rotatable bonds is 4. The molecule has 2 N–H and O–H groups in total. The lowest BCUT2D eigenvalue weighted by molar-refractivity contribution is 0.102. The fourth-order valence-corrected chi connectivity index (χ4v) is 2.94. The largest absolute Gasteiger partial charge is 0.322 e. The molecule has 0 radical (unpaired) electrons. The molecule has 0 aliphatic carbocycles. The number of anilines is 1. The molecule has 0 saturated carbocycles. The highest BCUT2D eigenvalue weighted by atomic mass is 127. The first-order valence-corrected chi connectivity index (χ1v) is 7.44. The Morgan fingerprint density at radius 2 is 2.17 bits per heavy atom. The number of carbonyl (C=O) groups excluding carboxylic acids is 1. The lowest BCUT2D eigenvalue weighted by Crippen LogP contribution is -2.14. The van der Waals surface area contributed by atoms with Crippen molar-refractivity contribution < 1.29 is 4.79 Å². The van der Waals surface area contributed by atoms with Crippen LogP contribution in [0, 0.1) is 2.88 Å². The van der Waals surface area contributed by atoms with E-state index in [-0.39, 0.29) is 5.91 Å². The predicted molar refractivity (Wildman–Crippen MR) is 84.2 cm³/mol. The molecule has 1 heterocycles. The second-order valence-electron chi connectivity index (χ2n) is 3.78. The van der Waals surface area contributed by atoms with Crippen LogP contribution in [0.1, 0.15) is 15.9 Å². The van der Waals surface area contributed by atoms with Crippen molar-refractivity contribution in [1.29, 1.82) is 0 Å². The number of benzene rings is 1. The normalized spacial score (nSPS) is 10.3. The molecule has 3 nitrogen and oxygen atoms in total. The molecular formula is C13H13IN2OS. The van der Waals surface area contributed by atoms with Gasteiger partial charge in [-0.25, -0.2) is 0 Å². The number of amides is 1. The molecule has 1 aromatic carbocycles. The Bertz CT molecular complexity index is 553. The standard InChI is InChI=1S/C13H13IN2OS/c1-15-7-9-4-2-3-5-11(9)16-13(17)10-6-12(14)18-8-10/h2-6,8,15H,7H2,1H3,(H,16,17). The van der Waals surface area contributed by atoms with E-state index in [2.05, 4.69) is 33.2 Å². The third-order valence-corrected chi connectivity index (χ3v) is 4.25. The van der Waals surface area contributed by atoms with Gasteiger partial charge in [0.2, 0.25) is 0 Å². The van der Waals surface area contributed by atoms with Gasteiger partial charge in [0.05, 0.1) is 8.45 Å². The molecule has 2 rings (SSSR count). The molecule has 94 valence electrons. The first-order valence-electron chi connectivity index (χ1n) is 5.48. The number of halogens is 1. The van der Waals surface area contributed by atoms with Crippen molar-refractivity contribution in [3.8, 4) is 0 Å². The minimum absolute atomic E-state index is 0.0577. The van der Waals surface area contributed by atoms with Crippen LogP contribution >= 0.6 is 33.9 Å². The van der Waals surface area contributed by atoms with E-state index < -0.39 is 0 Å². The number of hydrogen-bond acceptors (Lipinski definition) is 3. The summed E-state index contributed by atoms with van der Waals surface area (Å²) in [5.41, 5.74) is 2.65. The summed E-state index contributed by atoms with van der Waals surface area (Å²) < 4.78 is 1.11. The highest BCUT2D eigenvalue weighted by Gasteiger charge is 2.10. The minimum atomic E-state index is -0.0577. The van der Waals surface area contributed by atoms with E-state index in [1.165, 1.54) is 0 Å². The summed E-state index contributed by atoms with van der Waals surface area (Å²) in [6.07, 6.45) is 0. The van der Waals surface area contributed by atoms with Gasteiger partial charge in [-0.3, -0.25) is 4.79 Å².